The number of aromatic nitrogens is 1. The number of fused-ring (bicyclic) bond motifs is 1. The number of pyridine rings is 1. The van der Waals surface area contributed by atoms with Crippen LogP contribution in [0, 0.1) is 0 Å². The molecule has 1 heterocycles. The normalized spacial score (nSPS) is 17.9. The van der Waals surface area contributed by atoms with Crippen LogP contribution in [0.25, 0.3) is 10.8 Å². The predicted octanol–water partition coefficient (Wildman–Crippen LogP) is 2.23. The second-order valence-electron chi connectivity index (χ2n) is 4.39. The Labute approximate surface area is 89.1 Å². The van der Waals surface area contributed by atoms with Gasteiger partial charge in [-0.05, 0) is 29.9 Å². The molecule has 15 heavy (non-hydrogen) atoms. The van der Waals surface area contributed by atoms with E-state index in [9.17, 15) is 0 Å². The summed E-state index contributed by atoms with van der Waals surface area (Å²) in [7, 11) is 0. The quantitative estimate of drug-likeness (QED) is 0.803. The molecule has 2 aromatic rings. The maximum absolute atomic E-state index is 5.87. The highest BCUT2D eigenvalue weighted by Crippen LogP contribution is 2.49. The first-order chi connectivity index (χ1) is 7.36. The van der Waals surface area contributed by atoms with Crippen LogP contribution < -0.4 is 5.73 Å². The zero-order valence-electron chi connectivity index (χ0n) is 8.61. The number of nitrogens with zero attached hydrogens (tertiary/aromatic N) is 1. The Morgan fingerprint density at radius 3 is 2.87 bits per heavy atom. The minimum Gasteiger partial charge on any atom is -0.330 e. The van der Waals surface area contributed by atoms with Crippen LogP contribution in [0.5, 0.6) is 0 Å². The van der Waals surface area contributed by atoms with Crippen molar-refractivity contribution in [2.45, 2.75) is 18.3 Å². The molecule has 2 nitrogen and oxygen atoms in total. The maximum atomic E-state index is 5.87. The van der Waals surface area contributed by atoms with E-state index in [-0.39, 0.29) is 5.41 Å². The van der Waals surface area contributed by atoms with Gasteiger partial charge in [-0.1, -0.05) is 18.2 Å². The van der Waals surface area contributed by atoms with Gasteiger partial charge in [0.2, 0.25) is 0 Å². The van der Waals surface area contributed by atoms with Gasteiger partial charge < -0.3 is 5.73 Å². The summed E-state index contributed by atoms with van der Waals surface area (Å²) in [5.74, 6) is 0. The lowest BCUT2D eigenvalue weighted by atomic mass is 9.92. The molecule has 2 N–H and O–H groups in total. The molecule has 0 aliphatic heterocycles. The maximum Gasteiger partial charge on any atom is 0.0349 e. The number of rotatable bonds is 2. The predicted molar refractivity (Wildman–Crippen MR) is 61.7 cm³/mol. The van der Waals surface area contributed by atoms with Gasteiger partial charge in [0, 0.05) is 29.7 Å². The first-order valence-electron chi connectivity index (χ1n) is 5.39. The molecular formula is C13H14N2. The molecule has 0 unspecified atom stereocenters. The van der Waals surface area contributed by atoms with Crippen LogP contribution in [0.3, 0.4) is 0 Å². The summed E-state index contributed by atoms with van der Waals surface area (Å²) in [6.45, 7) is 0.751. The Morgan fingerprint density at radius 2 is 2.13 bits per heavy atom. The first-order valence-corrected chi connectivity index (χ1v) is 5.39. The van der Waals surface area contributed by atoms with Gasteiger partial charge in [-0.3, -0.25) is 4.98 Å². The van der Waals surface area contributed by atoms with E-state index >= 15 is 0 Å². The van der Waals surface area contributed by atoms with E-state index in [1.807, 2.05) is 12.4 Å². The monoisotopic (exact) mass is 198 g/mol. The van der Waals surface area contributed by atoms with Crippen molar-refractivity contribution in [3.8, 4) is 0 Å². The fourth-order valence-electron chi connectivity index (χ4n) is 2.31. The van der Waals surface area contributed by atoms with E-state index in [1.54, 1.807) is 0 Å². The van der Waals surface area contributed by atoms with E-state index < -0.39 is 0 Å². The van der Waals surface area contributed by atoms with E-state index in [1.165, 1.54) is 29.2 Å². The molecule has 2 heteroatoms. The fourth-order valence-corrected chi connectivity index (χ4v) is 2.31. The van der Waals surface area contributed by atoms with Crippen molar-refractivity contribution < 1.29 is 0 Å². The molecule has 1 aromatic carbocycles. The lowest BCUT2D eigenvalue weighted by Crippen LogP contribution is -2.19. The molecule has 1 fully saturated rings. The van der Waals surface area contributed by atoms with Crippen LogP contribution >= 0.6 is 0 Å². The molecule has 0 bridgehead atoms. The van der Waals surface area contributed by atoms with E-state index in [2.05, 4.69) is 29.2 Å². The van der Waals surface area contributed by atoms with Crippen LogP contribution in [0.1, 0.15) is 18.4 Å². The van der Waals surface area contributed by atoms with Crippen LogP contribution in [0.15, 0.2) is 36.7 Å². The van der Waals surface area contributed by atoms with E-state index in [0.717, 1.165) is 6.54 Å². The third kappa shape index (κ3) is 1.25. The largest absolute Gasteiger partial charge is 0.330 e. The van der Waals surface area contributed by atoms with Crippen molar-refractivity contribution >= 4 is 10.8 Å². The summed E-state index contributed by atoms with van der Waals surface area (Å²) in [6, 6.07) is 8.51. The topological polar surface area (TPSA) is 38.9 Å². The summed E-state index contributed by atoms with van der Waals surface area (Å²) in [4.78, 5) is 4.21. The molecular weight excluding hydrogens is 184 g/mol. The summed E-state index contributed by atoms with van der Waals surface area (Å²) in [5, 5.41) is 2.53. The number of nitrogens with two attached hydrogens (primary N) is 1. The Hall–Kier alpha value is -1.41. The van der Waals surface area contributed by atoms with Crippen molar-refractivity contribution in [1.82, 2.24) is 4.98 Å². The second kappa shape index (κ2) is 3.04. The molecule has 0 radical (unpaired) electrons. The van der Waals surface area contributed by atoms with Crippen LogP contribution in [-0.4, -0.2) is 11.5 Å². The molecule has 3 rings (SSSR count). The minimum absolute atomic E-state index is 0.253. The zero-order valence-corrected chi connectivity index (χ0v) is 8.61. The third-order valence-electron chi connectivity index (χ3n) is 3.50. The average molecular weight is 198 g/mol. The van der Waals surface area contributed by atoms with Gasteiger partial charge in [0.15, 0.2) is 0 Å². The Bertz CT molecular complexity index is 495. The van der Waals surface area contributed by atoms with Gasteiger partial charge in [0.25, 0.3) is 0 Å². The highest BCUT2D eigenvalue weighted by molar-refractivity contribution is 5.86. The third-order valence-corrected chi connectivity index (χ3v) is 3.50. The summed E-state index contributed by atoms with van der Waals surface area (Å²) >= 11 is 0. The number of hydrogen-bond acceptors (Lipinski definition) is 2. The van der Waals surface area contributed by atoms with E-state index in [0.29, 0.717) is 0 Å². The second-order valence-corrected chi connectivity index (χ2v) is 4.39. The summed E-state index contributed by atoms with van der Waals surface area (Å²) in [6.07, 6.45) is 6.24. The highest BCUT2D eigenvalue weighted by Gasteiger charge is 2.43. The SMILES string of the molecule is NCC1(c2cccc3ccncc23)CC1. The van der Waals surface area contributed by atoms with Crippen LogP contribution in [-0.2, 0) is 5.41 Å². The average Bonchev–Trinajstić information content (AvgIpc) is 3.09. The van der Waals surface area contributed by atoms with Crippen molar-refractivity contribution in [3.05, 3.63) is 42.2 Å². The van der Waals surface area contributed by atoms with Crippen molar-refractivity contribution in [3.63, 3.8) is 0 Å². The van der Waals surface area contributed by atoms with Gasteiger partial charge in [0.05, 0.1) is 0 Å². The zero-order chi connectivity index (χ0) is 10.3. The highest BCUT2D eigenvalue weighted by atomic mass is 14.7. The molecule has 0 spiro atoms. The molecule has 76 valence electrons. The summed E-state index contributed by atoms with van der Waals surface area (Å²) < 4.78 is 0. The molecule has 1 saturated carbocycles. The van der Waals surface area contributed by atoms with Crippen molar-refractivity contribution in [1.29, 1.82) is 0 Å². The van der Waals surface area contributed by atoms with Gasteiger partial charge in [-0.25, -0.2) is 0 Å². The van der Waals surface area contributed by atoms with E-state index in [4.69, 9.17) is 5.73 Å². The fraction of sp³-hybridized carbons (Fsp3) is 0.308. The molecule has 0 atom stereocenters. The smallest absolute Gasteiger partial charge is 0.0349 e. The van der Waals surface area contributed by atoms with Crippen LogP contribution in [0.4, 0.5) is 0 Å². The Kier molecular flexibility index (Phi) is 1.80. The van der Waals surface area contributed by atoms with Gasteiger partial charge in [0.1, 0.15) is 0 Å². The Balaban J connectivity index is 2.27. The molecule has 1 aliphatic rings. The number of hydrogen-bond donors (Lipinski definition) is 1. The molecule has 0 amide bonds. The lowest BCUT2D eigenvalue weighted by Gasteiger charge is -2.15. The van der Waals surface area contributed by atoms with Crippen molar-refractivity contribution in [2.75, 3.05) is 6.54 Å². The van der Waals surface area contributed by atoms with Gasteiger partial charge in [-0.2, -0.15) is 0 Å². The molecule has 1 aliphatic carbocycles. The number of benzene rings is 1. The summed E-state index contributed by atoms with van der Waals surface area (Å²) in [5.41, 5.74) is 7.51. The van der Waals surface area contributed by atoms with Gasteiger partial charge in [-0.15, -0.1) is 0 Å². The Morgan fingerprint density at radius 1 is 1.27 bits per heavy atom. The van der Waals surface area contributed by atoms with Crippen molar-refractivity contribution in [2.24, 2.45) is 5.73 Å². The van der Waals surface area contributed by atoms with Crippen LogP contribution in [0.2, 0.25) is 0 Å². The lowest BCUT2D eigenvalue weighted by molar-refractivity contribution is 0.711. The standard InChI is InChI=1S/C13H14N2/c14-9-13(5-6-13)12-3-1-2-10-4-7-15-8-11(10)12/h1-4,7-8H,5-6,9,14H2. The first kappa shape index (κ1) is 8.86. The van der Waals surface area contributed by atoms with Gasteiger partial charge >= 0.3 is 0 Å². The molecule has 1 aromatic heterocycles. The molecule has 0 saturated heterocycles. The minimum atomic E-state index is 0.253.